The van der Waals surface area contributed by atoms with E-state index in [1.807, 2.05) is 0 Å². The highest BCUT2D eigenvalue weighted by Gasteiger charge is 2.41. The van der Waals surface area contributed by atoms with E-state index in [9.17, 15) is 61.8 Å². The van der Waals surface area contributed by atoms with E-state index in [0.29, 0.717) is 56.5 Å². The van der Waals surface area contributed by atoms with Crippen LogP contribution in [0.4, 0.5) is 0 Å². The highest BCUT2D eigenvalue weighted by atomic mass is 35.7. The van der Waals surface area contributed by atoms with Gasteiger partial charge in [0.2, 0.25) is 0 Å². The highest BCUT2D eigenvalue weighted by Crippen LogP contribution is 2.73. The van der Waals surface area contributed by atoms with Crippen molar-refractivity contribution < 1.29 is 89.6 Å². The second-order valence-corrected chi connectivity index (χ2v) is 31.7. The van der Waals surface area contributed by atoms with Crippen molar-refractivity contribution in [2.45, 2.75) is 118 Å². The Labute approximate surface area is 390 Å². The lowest BCUT2D eigenvalue weighted by atomic mass is 9.84. The number of hydrogen-bond donors (Lipinski definition) is 3. The van der Waals surface area contributed by atoms with Gasteiger partial charge in [0.05, 0.1) is 26.2 Å². The van der Waals surface area contributed by atoms with Crippen molar-refractivity contribution in [3.8, 4) is 0 Å². The summed E-state index contributed by atoms with van der Waals surface area (Å²) in [5.41, 5.74) is -1.98. The molecular weight excluding hydrogens is 1030 g/mol. The third-order valence-corrected chi connectivity index (χ3v) is 22.2. The molecule has 366 valence electrons. The van der Waals surface area contributed by atoms with E-state index < -0.39 is 67.1 Å². The van der Waals surface area contributed by atoms with Gasteiger partial charge in [-0.2, -0.15) is 0 Å². The molecule has 0 aliphatic heterocycles. The quantitative estimate of drug-likeness (QED) is 0.0234. The molecule has 0 saturated carbocycles. The number of rotatable bonds is 34. The Morgan fingerprint density at radius 2 is 1.16 bits per heavy atom. The van der Waals surface area contributed by atoms with Crippen LogP contribution in [0, 0.1) is 10.8 Å². The molecule has 63 heavy (non-hydrogen) atoms. The lowest BCUT2D eigenvalue weighted by Crippen LogP contribution is -2.39. The number of aliphatic hydroxyl groups is 3. The van der Waals surface area contributed by atoms with Gasteiger partial charge in [0.25, 0.3) is 0 Å². The Balaban J connectivity index is -0.000000964. The summed E-state index contributed by atoms with van der Waals surface area (Å²) in [7, 11) is -8.17. The molecule has 0 spiro atoms. The second-order valence-electron chi connectivity index (χ2n) is 14.6. The Morgan fingerprint density at radius 1 is 0.746 bits per heavy atom. The van der Waals surface area contributed by atoms with Crippen LogP contribution < -0.4 is 0 Å². The molecule has 3 N–H and O–H groups in total. The van der Waals surface area contributed by atoms with Gasteiger partial charge in [0.1, 0.15) is 23.8 Å². The summed E-state index contributed by atoms with van der Waals surface area (Å²) < 4.78 is 74.4. The minimum Gasteiger partial charge on any atom is -0.396 e. The van der Waals surface area contributed by atoms with Crippen LogP contribution in [-0.2, 0) is 74.3 Å². The van der Waals surface area contributed by atoms with E-state index in [1.165, 1.54) is 57.8 Å². The SMILES string of the molecule is CC(=O)SCCCC(=O)CCCC(=O)C(O)C(C)(C)CO.COOPP(=O)(OCC(C)(C)C(O)C(=O)CCCC(=O)CCCSC(C)=O)O[P+](C)=O.C[P+](=O)OP(=O)(Cl)PCP=O. The Hall–Kier alpha value is 0.310. The van der Waals surface area contributed by atoms with Crippen LogP contribution in [0.25, 0.3) is 0 Å². The van der Waals surface area contributed by atoms with Crippen LogP contribution in [0.15, 0.2) is 0 Å². The average Bonchev–Trinajstić information content (AvgIpc) is 3.17. The molecular formula is C34H64ClO19P7S2+2. The van der Waals surface area contributed by atoms with E-state index in [0.717, 1.165) is 0 Å². The van der Waals surface area contributed by atoms with Crippen LogP contribution in [0.1, 0.15) is 106 Å². The normalized spacial score (nSPS) is 15.3. The zero-order valence-electron chi connectivity index (χ0n) is 37.1. The van der Waals surface area contributed by atoms with Crippen molar-refractivity contribution in [2.24, 2.45) is 10.8 Å². The van der Waals surface area contributed by atoms with Crippen molar-refractivity contribution in [1.29, 1.82) is 0 Å². The number of halogens is 1. The van der Waals surface area contributed by atoms with Crippen molar-refractivity contribution >= 4 is 123 Å². The lowest BCUT2D eigenvalue weighted by molar-refractivity contribution is -0.164. The predicted molar refractivity (Wildman–Crippen MR) is 253 cm³/mol. The summed E-state index contributed by atoms with van der Waals surface area (Å²) in [4.78, 5) is 73.4. The third kappa shape index (κ3) is 38.9. The molecule has 0 aromatic carbocycles. The second kappa shape index (κ2) is 37.2. The first kappa shape index (κ1) is 67.6. The fourth-order valence-corrected chi connectivity index (χ4v) is 18.0. The first-order valence-corrected chi connectivity index (χ1v) is 33.2. The molecule has 0 bridgehead atoms. The zero-order valence-corrected chi connectivity index (χ0v) is 45.9. The molecule has 0 amide bonds. The molecule has 0 heterocycles. The molecule has 29 heteroatoms. The minimum absolute atomic E-state index is 0.0000605. The number of hydrogen-bond acceptors (Lipinski definition) is 21. The molecule has 19 nitrogen and oxygen atoms in total. The largest absolute Gasteiger partial charge is 0.513 e. The molecule has 8 atom stereocenters. The Morgan fingerprint density at radius 3 is 1.52 bits per heavy atom. The Bertz CT molecular complexity index is 1590. The minimum atomic E-state index is -3.91. The van der Waals surface area contributed by atoms with Crippen molar-refractivity contribution in [3.05, 3.63) is 0 Å². The van der Waals surface area contributed by atoms with E-state index in [-0.39, 0.29) is 82.7 Å². The van der Waals surface area contributed by atoms with Gasteiger partial charge >= 0.3 is 29.8 Å². The van der Waals surface area contributed by atoms with Gasteiger partial charge in [-0.15, -0.1) is 0 Å². The van der Waals surface area contributed by atoms with Gasteiger partial charge in [-0.3, -0.25) is 37.9 Å². The number of Topliss-reactive ketones (excluding diaryl/α,β-unsaturated/α-hetero) is 4. The first-order valence-electron chi connectivity index (χ1n) is 19.1. The van der Waals surface area contributed by atoms with Crippen molar-refractivity contribution in [1.82, 2.24) is 0 Å². The van der Waals surface area contributed by atoms with Gasteiger partial charge in [-0.25, -0.2) is 14.1 Å². The molecule has 0 aliphatic rings. The maximum Gasteiger partial charge on any atom is 0.513 e. The van der Waals surface area contributed by atoms with E-state index in [4.69, 9.17) is 25.2 Å². The fourth-order valence-electron chi connectivity index (χ4n) is 4.29. The summed E-state index contributed by atoms with van der Waals surface area (Å²) in [5, 5.41) is 29.4. The van der Waals surface area contributed by atoms with E-state index in [2.05, 4.69) is 13.9 Å². The molecule has 0 saturated heterocycles. The third-order valence-electron chi connectivity index (χ3n) is 7.67. The summed E-state index contributed by atoms with van der Waals surface area (Å²) in [6.07, 6.45) is -2.49. The molecule has 0 aromatic heterocycles. The molecule has 0 aliphatic carbocycles. The smallest absolute Gasteiger partial charge is 0.396 e. The van der Waals surface area contributed by atoms with Crippen LogP contribution in [0.5, 0.6) is 0 Å². The maximum atomic E-state index is 12.6. The number of ketones is 4. The number of aliphatic hydroxyl groups excluding tert-OH is 3. The fraction of sp³-hybridized carbons (Fsp3) is 0.824. The van der Waals surface area contributed by atoms with Crippen LogP contribution in [0.2, 0.25) is 0 Å². The topological polar surface area (TPSA) is 295 Å². The first-order chi connectivity index (χ1) is 29.0. The molecule has 0 fully saturated rings. The number of thioether (sulfide) groups is 2. The van der Waals surface area contributed by atoms with Gasteiger partial charge in [0.15, 0.2) is 52.1 Å². The van der Waals surface area contributed by atoms with E-state index >= 15 is 0 Å². The van der Waals surface area contributed by atoms with Gasteiger partial charge < -0.3 is 19.8 Å². The predicted octanol–water partition coefficient (Wildman–Crippen LogP) is 9.81. The van der Waals surface area contributed by atoms with E-state index in [1.54, 1.807) is 27.7 Å². The molecule has 8 unspecified atom stereocenters. The van der Waals surface area contributed by atoms with Gasteiger partial charge in [-0.05, 0) is 46.1 Å². The van der Waals surface area contributed by atoms with Crippen molar-refractivity contribution in [3.63, 3.8) is 0 Å². The van der Waals surface area contributed by atoms with Crippen LogP contribution in [0.3, 0.4) is 0 Å². The molecule has 0 rings (SSSR count). The summed E-state index contributed by atoms with van der Waals surface area (Å²) >= 11 is 7.71. The average molecular weight is 1090 g/mol. The van der Waals surface area contributed by atoms with Crippen molar-refractivity contribution in [2.75, 3.05) is 51.1 Å². The lowest BCUT2D eigenvalue weighted by Gasteiger charge is -2.29. The number of carbonyl (C=O) groups is 6. The van der Waals surface area contributed by atoms with Gasteiger partial charge in [0, 0.05) is 83.0 Å². The zero-order chi connectivity index (χ0) is 49.5. The summed E-state index contributed by atoms with van der Waals surface area (Å²) in [6, 6.07) is 0. The standard InChI is InChI=1S/C17H32O10P3S.C15H26O5S.C2H6ClO4P4/c1-13(18)31-11-7-9-14(19)8-6-10-15(20)16(21)17(2,3)12-25-30(23,27-29(5)22)28-26-24-4;1-11(17)21-9-5-7-12(18)6-4-8-13(19)14(20)15(2,3)10-16;1-10(5)7-11(3,6)9-2-8-4/h16,21,28H,6-12H2,1-5H3;14,16,20H,4-10H2,1-3H3;9H,2H2,1H3/q+1;;+1. The summed E-state index contributed by atoms with van der Waals surface area (Å²) in [5.74, 6) is 0.675. The van der Waals surface area contributed by atoms with Gasteiger partial charge in [-0.1, -0.05) is 59.8 Å². The Kier molecular flexibility index (Phi) is 39.9. The van der Waals surface area contributed by atoms with Crippen LogP contribution >= 0.6 is 89.7 Å². The molecule has 0 aromatic rings. The maximum absolute atomic E-state index is 12.6. The molecule has 0 radical (unpaired) electrons. The summed E-state index contributed by atoms with van der Waals surface area (Å²) in [6.45, 7) is 11.2. The number of carbonyl (C=O) groups excluding carboxylic acids is 6. The highest BCUT2D eigenvalue weighted by molar-refractivity contribution is 8.36. The van der Waals surface area contributed by atoms with Crippen LogP contribution in [-0.4, -0.2) is 112 Å². The monoisotopic (exact) mass is 1090 g/mol.